The molecule has 5 heterocycles. The monoisotopic (exact) mass is 423 g/mol. The van der Waals surface area contributed by atoms with Gasteiger partial charge in [-0.25, -0.2) is 9.50 Å². The van der Waals surface area contributed by atoms with Crippen molar-refractivity contribution in [3.05, 3.63) is 67.6 Å². The van der Waals surface area contributed by atoms with Crippen LogP contribution < -0.4 is 0 Å². The second kappa shape index (κ2) is 7.35. The van der Waals surface area contributed by atoms with Gasteiger partial charge in [-0.1, -0.05) is 6.07 Å². The van der Waals surface area contributed by atoms with Crippen molar-refractivity contribution in [2.24, 2.45) is 0 Å². The molecule has 0 saturated heterocycles. The van der Waals surface area contributed by atoms with Crippen LogP contribution in [-0.2, 0) is 17.6 Å². The lowest BCUT2D eigenvalue weighted by Gasteiger charge is -2.35. The maximum atomic E-state index is 13.3. The van der Waals surface area contributed by atoms with Crippen molar-refractivity contribution in [3.63, 3.8) is 0 Å². The third-order valence-electron chi connectivity index (χ3n) is 5.68. The van der Waals surface area contributed by atoms with Crippen LogP contribution in [-0.4, -0.2) is 36.9 Å². The molecule has 0 radical (unpaired) electrons. The lowest BCUT2D eigenvalue weighted by atomic mass is 9.97. The summed E-state index contributed by atoms with van der Waals surface area (Å²) in [6, 6.07) is 6.42. The number of aryl methyl sites for hydroxylation is 2. The van der Waals surface area contributed by atoms with Crippen molar-refractivity contribution in [3.8, 4) is 0 Å². The van der Waals surface area contributed by atoms with Gasteiger partial charge in [0.05, 0.1) is 6.04 Å². The van der Waals surface area contributed by atoms with Crippen LogP contribution in [0.1, 0.15) is 44.7 Å². The molecule has 1 aliphatic rings. The van der Waals surface area contributed by atoms with Crippen LogP contribution in [0, 0.1) is 13.8 Å². The minimum atomic E-state index is 0.0376. The van der Waals surface area contributed by atoms with E-state index in [4.69, 9.17) is 0 Å². The van der Waals surface area contributed by atoms with Gasteiger partial charge in [0.15, 0.2) is 0 Å². The van der Waals surface area contributed by atoms with E-state index >= 15 is 0 Å². The van der Waals surface area contributed by atoms with Gasteiger partial charge in [0.2, 0.25) is 5.91 Å². The summed E-state index contributed by atoms with van der Waals surface area (Å²) >= 11 is 3.52. The average molecular weight is 424 g/mol. The van der Waals surface area contributed by atoms with Crippen LogP contribution in [0.15, 0.2) is 35.3 Å². The van der Waals surface area contributed by atoms with Gasteiger partial charge in [-0.05, 0) is 60.7 Å². The Labute approximate surface area is 176 Å². The molecule has 0 aliphatic carbocycles. The third kappa shape index (κ3) is 3.16. The molecule has 1 amide bonds. The molecule has 0 saturated carbocycles. The molecule has 4 aromatic heterocycles. The summed E-state index contributed by atoms with van der Waals surface area (Å²) in [7, 11) is 0. The zero-order valence-corrected chi connectivity index (χ0v) is 18.0. The van der Waals surface area contributed by atoms with E-state index in [1.54, 1.807) is 27.2 Å². The van der Waals surface area contributed by atoms with Crippen molar-refractivity contribution in [1.82, 2.24) is 24.5 Å². The first-order valence-corrected chi connectivity index (χ1v) is 11.4. The smallest absolute Gasteiger partial charge is 0.252 e. The summed E-state index contributed by atoms with van der Waals surface area (Å²) in [5.41, 5.74) is 4.29. The lowest BCUT2D eigenvalue weighted by molar-refractivity contribution is -0.133. The van der Waals surface area contributed by atoms with Crippen molar-refractivity contribution >= 4 is 34.4 Å². The van der Waals surface area contributed by atoms with Crippen LogP contribution in [0.4, 0.5) is 0 Å². The van der Waals surface area contributed by atoms with Crippen molar-refractivity contribution in [2.75, 3.05) is 6.54 Å². The molecule has 0 fully saturated rings. The molecule has 1 unspecified atom stereocenters. The Morgan fingerprint density at radius 2 is 2.14 bits per heavy atom. The molecule has 1 atom stereocenters. The van der Waals surface area contributed by atoms with E-state index in [0.29, 0.717) is 18.6 Å². The maximum Gasteiger partial charge on any atom is 0.252 e. The van der Waals surface area contributed by atoms with Crippen LogP contribution >= 0.6 is 22.7 Å². The van der Waals surface area contributed by atoms with Gasteiger partial charge in [0, 0.05) is 34.1 Å². The third-order valence-corrected chi connectivity index (χ3v) is 7.60. The number of thiophene rings is 2. The fourth-order valence-corrected chi connectivity index (χ4v) is 5.99. The zero-order chi connectivity index (χ0) is 20.0. The average Bonchev–Trinajstić information content (AvgIpc) is 3.47. The molecule has 5 rings (SSSR count). The van der Waals surface area contributed by atoms with Crippen molar-refractivity contribution in [1.29, 1.82) is 0 Å². The van der Waals surface area contributed by atoms with Gasteiger partial charge < -0.3 is 4.90 Å². The van der Waals surface area contributed by atoms with Gasteiger partial charge in [0.1, 0.15) is 6.33 Å². The Hall–Kier alpha value is -2.58. The fourth-order valence-electron chi connectivity index (χ4n) is 4.23. The van der Waals surface area contributed by atoms with Crippen LogP contribution in [0.2, 0.25) is 0 Å². The van der Waals surface area contributed by atoms with E-state index < -0.39 is 0 Å². The fraction of sp³-hybridized carbons (Fsp3) is 0.333. The minimum absolute atomic E-state index is 0.0376. The largest absolute Gasteiger partial charge is 0.330 e. The normalized spacial score (nSPS) is 16.3. The summed E-state index contributed by atoms with van der Waals surface area (Å²) in [5.74, 6) is 0.798. The molecule has 29 heavy (non-hydrogen) atoms. The predicted octanol–water partition coefficient (Wildman–Crippen LogP) is 3.97. The minimum Gasteiger partial charge on any atom is -0.330 e. The number of carbonyl (C=O) groups is 1. The summed E-state index contributed by atoms with van der Waals surface area (Å²) in [5, 5.41) is 8.48. The van der Waals surface area contributed by atoms with Gasteiger partial charge in [0.25, 0.3) is 5.78 Å². The van der Waals surface area contributed by atoms with Gasteiger partial charge in [-0.15, -0.1) is 22.7 Å². The van der Waals surface area contributed by atoms with E-state index in [1.165, 1.54) is 21.6 Å². The number of hydrogen-bond acceptors (Lipinski definition) is 6. The first-order chi connectivity index (χ1) is 14.1. The first kappa shape index (κ1) is 18.4. The Kier molecular flexibility index (Phi) is 4.67. The Balaban J connectivity index is 1.41. The van der Waals surface area contributed by atoms with Crippen molar-refractivity contribution in [2.45, 2.75) is 39.2 Å². The quantitative estimate of drug-likeness (QED) is 0.498. The van der Waals surface area contributed by atoms with E-state index in [2.05, 4.69) is 48.9 Å². The van der Waals surface area contributed by atoms with E-state index in [1.807, 2.05) is 13.8 Å². The highest BCUT2D eigenvalue weighted by molar-refractivity contribution is 7.10. The molecule has 148 valence electrons. The number of fused-ring (bicyclic) bond motifs is 2. The predicted molar refractivity (Wildman–Crippen MR) is 114 cm³/mol. The molecule has 1 aliphatic heterocycles. The number of rotatable bonds is 4. The molecular formula is C21H21N5OS2. The highest BCUT2D eigenvalue weighted by Crippen LogP contribution is 2.39. The first-order valence-electron chi connectivity index (χ1n) is 9.68. The topological polar surface area (TPSA) is 63.4 Å². The molecule has 0 bridgehead atoms. The number of carbonyl (C=O) groups excluding carboxylic acids is 1. The van der Waals surface area contributed by atoms with Gasteiger partial charge in [-0.2, -0.15) is 10.1 Å². The molecule has 0 N–H and O–H groups in total. The van der Waals surface area contributed by atoms with Crippen LogP contribution in [0.3, 0.4) is 0 Å². The van der Waals surface area contributed by atoms with Gasteiger partial charge in [-0.3, -0.25) is 4.79 Å². The molecular weight excluding hydrogens is 402 g/mol. The van der Waals surface area contributed by atoms with E-state index in [-0.39, 0.29) is 11.9 Å². The summed E-state index contributed by atoms with van der Waals surface area (Å²) in [6.45, 7) is 4.77. The lowest BCUT2D eigenvalue weighted by Crippen LogP contribution is -2.39. The molecule has 0 aromatic carbocycles. The molecule has 6 nitrogen and oxygen atoms in total. The second-order valence-corrected chi connectivity index (χ2v) is 9.27. The van der Waals surface area contributed by atoms with Gasteiger partial charge >= 0.3 is 0 Å². The summed E-state index contributed by atoms with van der Waals surface area (Å²) in [4.78, 5) is 26.7. The Morgan fingerprint density at radius 1 is 1.24 bits per heavy atom. The Morgan fingerprint density at radius 3 is 2.97 bits per heavy atom. The molecule has 0 spiro atoms. The SMILES string of the molecule is Cc1nc2ncnn2c(C)c1CCC(=O)N1CCc2sccc2C1c1cccs1. The summed E-state index contributed by atoms with van der Waals surface area (Å²) in [6.07, 6.45) is 3.57. The van der Waals surface area contributed by atoms with Crippen LogP contribution in [0.5, 0.6) is 0 Å². The zero-order valence-electron chi connectivity index (χ0n) is 16.3. The van der Waals surface area contributed by atoms with E-state index in [0.717, 1.165) is 29.9 Å². The molecule has 8 heteroatoms. The van der Waals surface area contributed by atoms with Crippen LogP contribution in [0.25, 0.3) is 5.78 Å². The number of amides is 1. The Bertz CT molecular complexity index is 1180. The molecule has 4 aromatic rings. The number of hydrogen-bond donors (Lipinski definition) is 0. The number of aromatic nitrogens is 4. The standard InChI is InChI=1S/C21H21N5OS2/c1-13-15(14(2)26-21(24-13)22-12-23-26)5-6-19(27)25-9-7-17-16(8-11-29-17)20(25)18-4-3-10-28-18/h3-4,8,10-12,20H,5-7,9H2,1-2H3. The second-order valence-electron chi connectivity index (χ2n) is 7.29. The highest BCUT2D eigenvalue weighted by atomic mass is 32.1. The van der Waals surface area contributed by atoms with Crippen molar-refractivity contribution < 1.29 is 4.79 Å². The highest BCUT2D eigenvalue weighted by Gasteiger charge is 2.33. The summed E-state index contributed by atoms with van der Waals surface area (Å²) < 4.78 is 1.75. The number of nitrogens with zero attached hydrogens (tertiary/aromatic N) is 5. The maximum absolute atomic E-state index is 13.3. The van der Waals surface area contributed by atoms with E-state index in [9.17, 15) is 4.79 Å².